The predicted molar refractivity (Wildman–Crippen MR) is 92.6 cm³/mol. The molecule has 0 saturated carbocycles. The van der Waals surface area contributed by atoms with E-state index in [1.54, 1.807) is 0 Å². The molecule has 0 aliphatic heterocycles. The lowest BCUT2D eigenvalue weighted by Gasteiger charge is -2.00. The summed E-state index contributed by atoms with van der Waals surface area (Å²) >= 11 is 4.89. The Hall–Kier alpha value is -2.05. The molecule has 23 heavy (non-hydrogen) atoms. The molecule has 1 heterocycles. The number of thioether (sulfide) groups is 1. The van der Waals surface area contributed by atoms with E-state index in [9.17, 15) is 9.90 Å². The highest BCUT2D eigenvalue weighted by atomic mass is 79.9. The van der Waals surface area contributed by atoms with Crippen molar-refractivity contribution in [3.05, 3.63) is 70.5 Å². The standard InChI is InChI=1S/C17H12BrNO3S/c18-12-6-8-13(9-7-12)23-10-14-15(17(20)21)19-16(22-14)11-4-2-1-3-5-11/h1-9H,10H2,(H,20,21). The summed E-state index contributed by atoms with van der Waals surface area (Å²) in [6.07, 6.45) is 0. The number of carboxylic acid groups (broad SMARTS) is 1. The van der Waals surface area contributed by atoms with Crippen molar-refractivity contribution in [3.8, 4) is 11.5 Å². The van der Waals surface area contributed by atoms with E-state index in [1.165, 1.54) is 11.8 Å². The number of benzene rings is 2. The molecule has 4 nitrogen and oxygen atoms in total. The van der Waals surface area contributed by atoms with Crippen LogP contribution in [-0.4, -0.2) is 16.1 Å². The first-order valence-corrected chi connectivity index (χ1v) is 8.58. The second kappa shape index (κ2) is 7.02. The van der Waals surface area contributed by atoms with Crippen LogP contribution in [0.3, 0.4) is 0 Å². The molecule has 0 radical (unpaired) electrons. The summed E-state index contributed by atoms with van der Waals surface area (Å²) in [6.45, 7) is 0. The van der Waals surface area contributed by atoms with Crippen LogP contribution >= 0.6 is 27.7 Å². The summed E-state index contributed by atoms with van der Waals surface area (Å²) in [5.74, 6) is 0.0179. The summed E-state index contributed by atoms with van der Waals surface area (Å²) in [4.78, 5) is 16.5. The minimum absolute atomic E-state index is 0.0338. The zero-order valence-corrected chi connectivity index (χ0v) is 14.3. The number of aromatic nitrogens is 1. The van der Waals surface area contributed by atoms with Crippen molar-refractivity contribution < 1.29 is 14.3 Å². The zero-order chi connectivity index (χ0) is 16.2. The molecule has 0 atom stereocenters. The van der Waals surface area contributed by atoms with Crippen molar-refractivity contribution >= 4 is 33.7 Å². The first-order valence-electron chi connectivity index (χ1n) is 6.80. The van der Waals surface area contributed by atoms with Gasteiger partial charge in [0.25, 0.3) is 0 Å². The summed E-state index contributed by atoms with van der Waals surface area (Å²) in [7, 11) is 0. The van der Waals surface area contributed by atoms with Crippen LogP contribution in [0.25, 0.3) is 11.5 Å². The Morgan fingerprint density at radius 2 is 1.83 bits per heavy atom. The van der Waals surface area contributed by atoms with Gasteiger partial charge in [-0.3, -0.25) is 0 Å². The van der Waals surface area contributed by atoms with E-state index >= 15 is 0 Å². The molecule has 0 amide bonds. The predicted octanol–water partition coefficient (Wildman–Crippen LogP) is 5.09. The highest BCUT2D eigenvalue weighted by Gasteiger charge is 2.20. The third kappa shape index (κ3) is 3.83. The molecule has 1 N–H and O–H groups in total. The van der Waals surface area contributed by atoms with Crippen molar-refractivity contribution in [3.63, 3.8) is 0 Å². The van der Waals surface area contributed by atoms with Gasteiger partial charge in [0.15, 0.2) is 5.69 Å². The van der Waals surface area contributed by atoms with Crippen molar-refractivity contribution in [2.24, 2.45) is 0 Å². The van der Waals surface area contributed by atoms with Crippen molar-refractivity contribution in [2.75, 3.05) is 0 Å². The second-order valence-electron chi connectivity index (χ2n) is 4.70. The lowest BCUT2D eigenvalue weighted by atomic mass is 10.2. The minimum Gasteiger partial charge on any atom is -0.476 e. The average Bonchev–Trinajstić information content (AvgIpc) is 3.00. The largest absolute Gasteiger partial charge is 0.476 e. The van der Waals surface area contributed by atoms with Crippen LogP contribution in [0.5, 0.6) is 0 Å². The normalized spacial score (nSPS) is 10.7. The Balaban J connectivity index is 1.84. The molecule has 3 rings (SSSR count). The fourth-order valence-electron chi connectivity index (χ4n) is 2.00. The molecule has 0 aliphatic rings. The first-order chi connectivity index (χ1) is 11.1. The van der Waals surface area contributed by atoms with E-state index in [1.807, 2.05) is 54.6 Å². The maximum absolute atomic E-state index is 11.4. The lowest BCUT2D eigenvalue weighted by molar-refractivity contribution is 0.0689. The van der Waals surface area contributed by atoms with Crippen LogP contribution in [0.1, 0.15) is 16.2 Å². The van der Waals surface area contributed by atoms with Gasteiger partial charge in [0.05, 0.1) is 5.75 Å². The summed E-state index contributed by atoms with van der Waals surface area (Å²) in [6, 6.07) is 17.1. The van der Waals surface area contributed by atoms with E-state index in [0.29, 0.717) is 17.4 Å². The van der Waals surface area contributed by atoms with Crippen LogP contribution in [-0.2, 0) is 5.75 Å². The molecular formula is C17H12BrNO3S. The fourth-order valence-corrected chi connectivity index (χ4v) is 3.09. The molecule has 116 valence electrons. The number of carbonyl (C=O) groups is 1. The highest BCUT2D eigenvalue weighted by molar-refractivity contribution is 9.10. The Labute approximate surface area is 145 Å². The summed E-state index contributed by atoms with van der Waals surface area (Å²) < 4.78 is 6.68. The van der Waals surface area contributed by atoms with Gasteiger partial charge in [0.1, 0.15) is 5.76 Å². The van der Waals surface area contributed by atoms with E-state index in [2.05, 4.69) is 20.9 Å². The van der Waals surface area contributed by atoms with Gasteiger partial charge >= 0.3 is 5.97 Å². The number of carboxylic acids is 1. The Kier molecular flexibility index (Phi) is 4.83. The maximum Gasteiger partial charge on any atom is 0.358 e. The quantitative estimate of drug-likeness (QED) is 0.615. The molecule has 0 spiro atoms. The SMILES string of the molecule is O=C(O)c1nc(-c2ccccc2)oc1CSc1ccc(Br)cc1. The Morgan fingerprint density at radius 1 is 1.13 bits per heavy atom. The van der Waals surface area contributed by atoms with Gasteiger partial charge in [-0.05, 0) is 36.4 Å². The van der Waals surface area contributed by atoms with Gasteiger partial charge in [-0.15, -0.1) is 11.8 Å². The van der Waals surface area contributed by atoms with Crippen LogP contribution in [0.15, 0.2) is 68.4 Å². The van der Waals surface area contributed by atoms with Crippen LogP contribution in [0, 0.1) is 0 Å². The molecule has 0 fully saturated rings. The number of rotatable bonds is 5. The number of halogens is 1. The number of nitrogens with zero attached hydrogens (tertiary/aromatic N) is 1. The van der Waals surface area contributed by atoms with Crippen LogP contribution < -0.4 is 0 Å². The van der Waals surface area contributed by atoms with Gasteiger partial charge in [0.2, 0.25) is 5.89 Å². The third-order valence-corrected chi connectivity index (χ3v) is 4.64. The Morgan fingerprint density at radius 3 is 2.48 bits per heavy atom. The number of hydrogen-bond donors (Lipinski definition) is 1. The third-order valence-electron chi connectivity index (χ3n) is 3.10. The van der Waals surface area contributed by atoms with E-state index in [0.717, 1.165) is 14.9 Å². The monoisotopic (exact) mass is 389 g/mol. The van der Waals surface area contributed by atoms with Crippen LogP contribution in [0.2, 0.25) is 0 Å². The Bertz CT molecular complexity index is 816. The molecule has 1 aromatic heterocycles. The maximum atomic E-state index is 11.4. The topological polar surface area (TPSA) is 63.3 Å². The van der Waals surface area contributed by atoms with Gasteiger partial charge in [0, 0.05) is 14.9 Å². The number of aromatic carboxylic acids is 1. The number of hydrogen-bond acceptors (Lipinski definition) is 4. The summed E-state index contributed by atoms with van der Waals surface area (Å²) in [5, 5.41) is 9.32. The van der Waals surface area contributed by atoms with Gasteiger partial charge < -0.3 is 9.52 Å². The first kappa shape index (κ1) is 15.8. The zero-order valence-electron chi connectivity index (χ0n) is 11.9. The van der Waals surface area contributed by atoms with Crippen molar-refractivity contribution in [1.82, 2.24) is 4.98 Å². The van der Waals surface area contributed by atoms with Gasteiger partial charge in [-0.1, -0.05) is 34.1 Å². The van der Waals surface area contributed by atoms with Gasteiger partial charge in [-0.2, -0.15) is 0 Å². The highest BCUT2D eigenvalue weighted by Crippen LogP contribution is 2.29. The average molecular weight is 390 g/mol. The van der Waals surface area contributed by atoms with Crippen molar-refractivity contribution in [2.45, 2.75) is 10.6 Å². The van der Waals surface area contributed by atoms with Crippen LogP contribution in [0.4, 0.5) is 0 Å². The van der Waals surface area contributed by atoms with Gasteiger partial charge in [-0.25, -0.2) is 9.78 Å². The lowest BCUT2D eigenvalue weighted by Crippen LogP contribution is -2.00. The fraction of sp³-hybridized carbons (Fsp3) is 0.0588. The van der Waals surface area contributed by atoms with E-state index < -0.39 is 5.97 Å². The molecule has 0 saturated heterocycles. The minimum atomic E-state index is -1.08. The van der Waals surface area contributed by atoms with E-state index in [4.69, 9.17) is 4.42 Å². The summed E-state index contributed by atoms with van der Waals surface area (Å²) in [5.41, 5.74) is 0.725. The molecule has 2 aromatic carbocycles. The molecule has 3 aromatic rings. The molecule has 0 aliphatic carbocycles. The van der Waals surface area contributed by atoms with Crippen molar-refractivity contribution in [1.29, 1.82) is 0 Å². The smallest absolute Gasteiger partial charge is 0.358 e. The molecule has 6 heteroatoms. The molecular weight excluding hydrogens is 378 g/mol. The number of oxazole rings is 1. The van der Waals surface area contributed by atoms with E-state index in [-0.39, 0.29) is 5.69 Å². The second-order valence-corrected chi connectivity index (χ2v) is 6.67. The molecule has 0 unspecified atom stereocenters. The molecule has 0 bridgehead atoms.